The van der Waals surface area contributed by atoms with E-state index in [1.807, 2.05) is 6.07 Å². The molecule has 0 aromatic carbocycles. The molecule has 2 atom stereocenters. The summed E-state index contributed by atoms with van der Waals surface area (Å²) in [6.07, 6.45) is 3.81. The van der Waals surface area contributed by atoms with Crippen LogP contribution < -0.4 is 10.6 Å². The van der Waals surface area contributed by atoms with Crippen molar-refractivity contribution in [3.8, 4) is 0 Å². The van der Waals surface area contributed by atoms with Crippen LogP contribution in [0.1, 0.15) is 26.7 Å². The molecule has 2 unspecified atom stereocenters. The lowest BCUT2D eigenvalue weighted by Gasteiger charge is -2.19. The monoisotopic (exact) mass is 250 g/mol. The van der Waals surface area contributed by atoms with Gasteiger partial charge in [0, 0.05) is 31.2 Å². The maximum atomic E-state index is 5.41. The van der Waals surface area contributed by atoms with E-state index in [0.717, 1.165) is 44.2 Å². The van der Waals surface area contributed by atoms with Gasteiger partial charge in [0.1, 0.15) is 18.0 Å². The summed E-state index contributed by atoms with van der Waals surface area (Å²) in [5.41, 5.74) is 0. The first kappa shape index (κ1) is 13.1. The Morgan fingerprint density at radius 3 is 3.00 bits per heavy atom. The number of nitrogens with one attached hydrogen (secondary N) is 2. The van der Waals surface area contributed by atoms with Crippen LogP contribution in [-0.2, 0) is 4.74 Å². The zero-order valence-electron chi connectivity index (χ0n) is 11.1. The summed E-state index contributed by atoms with van der Waals surface area (Å²) in [7, 11) is 0. The van der Waals surface area contributed by atoms with Gasteiger partial charge in [-0.3, -0.25) is 0 Å². The molecular formula is C13H22N4O. The van der Waals surface area contributed by atoms with Crippen molar-refractivity contribution in [3.05, 3.63) is 12.4 Å². The fraction of sp³-hybridized carbons (Fsp3) is 0.692. The first-order chi connectivity index (χ1) is 8.79. The Labute approximate surface area is 108 Å². The summed E-state index contributed by atoms with van der Waals surface area (Å²) in [6, 6.07) is 2.34. The molecule has 0 saturated carbocycles. The van der Waals surface area contributed by atoms with Gasteiger partial charge in [0.15, 0.2) is 0 Å². The Balaban J connectivity index is 1.91. The molecule has 2 N–H and O–H groups in total. The lowest BCUT2D eigenvalue weighted by molar-refractivity contribution is 0.183. The molecule has 1 fully saturated rings. The SMILES string of the molecule is CCCNc1cc(NC(C)C2CCOC2)ncn1. The summed E-state index contributed by atoms with van der Waals surface area (Å²) in [4.78, 5) is 8.45. The minimum atomic E-state index is 0.376. The second kappa shape index (κ2) is 6.54. The largest absolute Gasteiger partial charge is 0.381 e. The molecule has 1 aliphatic rings. The van der Waals surface area contributed by atoms with Gasteiger partial charge in [0.05, 0.1) is 6.61 Å². The van der Waals surface area contributed by atoms with E-state index >= 15 is 0 Å². The van der Waals surface area contributed by atoms with E-state index in [9.17, 15) is 0 Å². The third-order valence-electron chi connectivity index (χ3n) is 3.27. The molecule has 1 aromatic rings. The number of ether oxygens (including phenoxy) is 1. The number of hydrogen-bond donors (Lipinski definition) is 2. The third-order valence-corrected chi connectivity index (χ3v) is 3.27. The lowest BCUT2D eigenvalue weighted by atomic mass is 10.0. The zero-order chi connectivity index (χ0) is 12.8. The number of rotatable bonds is 6. The zero-order valence-corrected chi connectivity index (χ0v) is 11.1. The van der Waals surface area contributed by atoms with Crippen molar-refractivity contribution in [2.45, 2.75) is 32.7 Å². The molecule has 0 aliphatic carbocycles. The average molecular weight is 250 g/mol. The van der Waals surface area contributed by atoms with Gasteiger partial charge in [-0.1, -0.05) is 6.92 Å². The minimum Gasteiger partial charge on any atom is -0.381 e. The Kier molecular flexibility index (Phi) is 4.75. The minimum absolute atomic E-state index is 0.376. The maximum Gasteiger partial charge on any atom is 0.131 e. The summed E-state index contributed by atoms with van der Waals surface area (Å²) >= 11 is 0. The van der Waals surface area contributed by atoms with Crippen LogP contribution in [0.2, 0.25) is 0 Å². The van der Waals surface area contributed by atoms with Gasteiger partial charge in [-0.15, -0.1) is 0 Å². The van der Waals surface area contributed by atoms with Crippen LogP contribution in [0.15, 0.2) is 12.4 Å². The number of aromatic nitrogens is 2. The van der Waals surface area contributed by atoms with Crippen molar-refractivity contribution in [1.29, 1.82) is 0 Å². The standard InChI is InChI=1S/C13H22N4O/c1-3-5-14-12-7-13(16-9-15-12)17-10(2)11-4-6-18-8-11/h7,9-11H,3-6,8H2,1-2H3,(H2,14,15,16,17). The van der Waals surface area contributed by atoms with Gasteiger partial charge in [-0.05, 0) is 19.8 Å². The Morgan fingerprint density at radius 2 is 2.28 bits per heavy atom. The highest BCUT2D eigenvalue weighted by Crippen LogP contribution is 2.20. The van der Waals surface area contributed by atoms with Crippen molar-refractivity contribution in [2.24, 2.45) is 5.92 Å². The Morgan fingerprint density at radius 1 is 1.44 bits per heavy atom. The fourth-order valence-electron chi connectivity index (χ4n) is 2.08. The van der Waals surface area contributed by atoms with Crippen molar-refractivity contribution < 1.29 is 4.74 Å². The van der Waals surface area contributed by atoms with Crippen molar-refractivity contribution in [2.75, 3.05) is 30.4 Å². The molecule has 2 rings (SSSR count). The van der Waals surface area contributed by atoms with Gasteiger partial charge in [-0.2, -0.15) is 0 Å². The van der Waals surface area contributed by atoms with Crippen molar-refractivity contribution in [1.82, 2.24) is 9.97 Å². The smallest absolute Gasteiger partial charge is 0.131 e. The van der Waals surface area contributed by atoms with E-state index in [2.05, 4.69) is 34.4 Å². The highest BCUT2D eigenvalue weighted by molar-refractivity contribution is 5.46. The van der Waals surface area contributed by atoms with Gasteiger partial charge >= 0.3 is 0 Å². The summed E-state index contributed by atoms with van der Waals surface area (Å²) < 4.78 is 5.41. The van der Waals surface area contributed by atoms with E-state index < -0.39 is 0 Å². The van der Waals surface area contributed by atoms with Crippen LogP contribution in [-0.4, -0.2) is 35.8 Å². The fourth-order valence-corrected chi connectivity index (χ4v) is 2.08. The molecule has 0 radical (unpaired) electrons. The summed E-state index contributed by atoms with van der Waals surface area (Å²) in [5, 5.41) is 6.69. The van der Waals surface area contributed by atoms with Gasteiger partial charge in [0.25, 0.3) is 0 Å². The van der Waals surface area contributed by atoms with E-state index in [0.29, 0.717) is 12.0 Å². The molecule has 0 spiro atoms. The van der Waals surface area contributed by atoms with E-state index in [4.69, 9.17) is 4.74 Å². The molecule has 2 heterocycles. The van der Waals surface area contributed by atoms with Crippen molar-refractivity contribution in [3.63, 3.8) is 0 Å². The highest BCUT2D eigenvalue weighted by Gasteiger charge is 2.22. The van der Waals surface area contributed by atoms with E-state index in [-0.39, 0.29) is 0 Å². The predicted octanol–water partition coefficient (Wildman–Crippen LogP) is 2.14. The summed E-state index contributed by atoms with van der Waals surface area (Å²) in [6.45, 7) is 6.97. The predicted molar refractivity (Wildman–Crippen MR) is 72.8 cm³/mol. The number of hydrogen-bond acceptors (Lipinski definition) is 5. The molecule has 1 aliphatic heterocycles. The maximum absolute atomic E-state index is 5.41. The first-order valence-electron chi connectivity index (χ1n) is 6.69. The van der Waals surface area contributed by atoms with Crippen LogP contribution in [0.5, 0.6) is 0 Å². The molecule has 0 bridgehead atoms. The second-order valence-corrected chi connectivity index (χ2v) is 4.77. The Bertz CT molecular complexity index is 366. The van der Waals surface area contributed by atoms with Crippen LogP contribution >= 0.6 is 0 Å². The van der Waals surface area contributed by atoms with Crippen LogP contribution in [0.4, 0.5) is 11.6 Å². The number of nitrogens with zero attached hydrogens (tertiary/aromatic N) is 2. The topological polar surface area (TPSA) is 59.1 Å². The second-order valence-electron chi connectivity index (χ2n) is 4.77. The van der Waals surface area contributed by atoms with Crippen molar-refractivity contribution >= 4 is 11.6 Å². The molecule has 1 aromatic heterocycles. The van der Waals surface area contributed by atoms with E-state index in [1.54, 1.807) is 6.33 Å². The molecule has 0 amide bonds. The third kappa shape index (κ3) is 3.57. The molecule has 5 nitrogen and oxygen atoms in total. The Hall–Kier alpha value is -1.36. The highest BCUT2D eigenvalue weighted by atomic mass is 16.5. The molecule has 18 heavy (non-hydrogen) atoms. The normalized spacial score (nSPS) is 20.7. The summed E-state index contributed by atoms with van der Waals surface area (Å²) in [5.74, 6) is 2.33. The van der Waals surface area contributed by atoms with Gasteiger partial charge in [-0.25, -0.2) is 9.97 Å². The van der Waals surface area contributed by atoms with Gasteiger partial charge < -0.3 is 15.4 Å². The quantitative estimate of drug-likeness (QED) is 0.810. The molecule has 100 valence electrons. The number of anilines is 2. The average Bonchev–Trinajstić information content (AvgIpc) is 2.91. The lowest BCUT2D eigenvalue weighted by Crippen LogP contribution is -2.26. The first-order valence-corrected chi connectivity index (χ1v) is 6.69. The van der Waals surface area contributed by atoms with Crippen LogP contribution in [0.3, 0.4) is 0 Å². The molecular weight excluding hydrogens is 228 g/mol. The molecule has 1 saturated heterocycles. The molecule has 5 heteroatoms. The van der Waals surface area contributed by atoms with Crippen LogP contribution in [0, 0.1) is 5.92 Å². The van der Waals surface area contributed by atoms with Crippen LogP contribution in [0.25, 0.3) is 0 Å². The van der Waals surface area contributed by atoms with Gasteiger partial charge in [0.2, 0.25) is 0 Å². The van der Waals surface area contributed by atoms with E-state index in [1.165, 1.54) is 0 Å².